The predicted molar refractivity (Wildman–Crippen MR) is 184 cm³/mol. The quantitative estimate of drug-likeness (QED) is 0.140. The molecule has 3 aromatic carbocycles. The van der Waals surface area contributed by atoms with Gasteiger partial charge in [-0.05, 0) is 64.9 Å². The summed E-state index contributed by atoms with van der Waals surface area (Å²) < 4.78 is 4.53. The third kappa shape index (κ3) is 7.90. The number of nitrogens with one attached hydrogen (secondary N) is 3. The van der Waals surface area contributed by atoms with Gasteiger partial charge in [0, 0.05) is 18.7 Å². The van der Waals surface area contributed by atoms with Gasteiger partial charge < -0.3 is 24.9 Å². The lowest BCUT2D eigenvalue weighted by Crippen LogP contribution is -2.40. The molecular formula is C37H40N8O3. The lowest BCUT2D eigenvalue weighted by atomic mass is 9.98. The molecule has 1 aliphatic rings. The Morgan fingerprint density at radius 3 is 2.12 bits per heavy atom. The fraction of sp³-hybridized carbons (Fsp3) is 0.324. The van der Waals surface area contributed by atoms with E-state index in [4.69, 9.17) is 5.26 Å². The van der Waals surface area contributed by atoms with Crippen LogP contribution in [-0.4, -0.2) is 75.5 Å². The lowest BCUT2D eigenvalue weighted by molar-refractivity contribution is -0.130. The molecule has 6 rings (SSSR count). The number of imidazole rings is 2. The van der Waals surface area contributed by atoms with Crippen LogP contribution in [0.15, 0.2) is 73.1 Å². The Morgan fingerprint density at radius 1 is 0.896 bits per heavy atom. The maximum absolute atomic E-state index is 12.7. The summed E-state index contributed by atoms with van der Waals surface area (Å²) in [7, 11) is 3.40. The number of hydrogen-bond donors (Lipinski definition) is 3. The number of benzene rings is 3. The first-order chi connectivity index (χ1) is 23.2. The third-order valence-electron chi connectivity index (χ3n) is 8.87. The number of alkyl carbamates (subject to hydrolysis) is 1. The highest BCUT2D eigenvalue weighted by atomic mass is 16.5. The Balaban J connectivity index is 1.10. The Bertz CT molecular complexity index is 1950. The van der Waals surface area contributed by atoms with Gasteiger partial charge in [-0.2, -0.15) is 5.26 Å². The zero-order chi connectivity index (χ0) is 33.7. The van der Waals surface area contributed by atoms with Crippen molar-refractivity contribution in [1.82, 2.24) is 35.1 Å². The molecule has 11 nitrogen and oxygen atoms in total. The number of carbonyl (C=O) groups is 2. The van der Waals surface area contributed by atoms with Gasteiger partial charge in [-0.15, -0.1) is 0 Å². The Morgan fingerprint density at radius 2 is 1.48 bits per heavy atom. The zero-order valence-electron chi connectivity index (χ0n) is 27.5. The minimum Gasteiger partial charge on any atom is -0.453 e. The molecule has 2 aromatic heterocycles. The topological polar surface area (TPSA) is 143 Å². The van der Waals surface area contributed by atoms with Gasteiger partial charge >= 0.3 is 6.09 Å². The van der Waals surface area contributed by atoms with Crippen LogP contribution in [0.5, 0.6) is 0 Å². The van der Waals surface area contributed by atoms with Crippen molar-refractivity contribution < 1.29 is 14.3 Å². The first kappa shape index (κ1) is 32.5. The summed E-state index contributed by atoms with van der Waals surface area (Å²) >= 11 is 0. The number of rotatable bonds is 13. The van der Waals surface area contributed by atoms with Crippen molar-refractivity contribution in [2.45, 2.75) is 39.3 Å². The van der Waals surface area contributed by atoms with Crippen LogP contribution in [0, 0.1) is 16.7 Å². The van der Waals surface area contributed by atoms with Crippen LogP contribution in [0.1, 0.15) is 37.8 Å². The number of H-pyrrole nitrogens is 2. The van der Waals surface area contributed by atoms with Gasteiger partial charge in [-0.3, -0.25) is 9.69 Å². The van der Waals surface area contributed by atoms with Gasteiger partial charge in [0.2, 0.25) is 5.91 Å². The van der Waals surface area contributed by atoms with E-state index in [0.717, 1.165) is 63.3 Å². The zero-order valence-corrected chi connectivity index (χ0v) is 27.5. The second-order valence-electron chi connectivity index (χ2n) is 12.9. The maximum Gasteiger partial charge on any atom is 0.407 e. The average molecular weight is 645 g/mol. The summed E-state index contributed by atoms with van der Waals surface area (Å²) in [6.07, 6.45) is 5.76. The molecule has 0 saturated heterocycles. The predicted octanol–water partition coefficient (Wildman–Crippen LogP) is 6.12. The SMILES string of the molecule is COC(=O)NCC(=O)N(CCC#N)Cc1ncc(-c2ccc(-c3ccc4cc(-c5cnc(CN(C)CC6(C)CC6)[nH]5)ccc4c3)cc2)[nH]1. The lowest BCUT2D eigenvalue weighted by Gasteiger charge is -2.20. The Hall–Kier alpha value is -5.47. The van der Waals surface area contributed by atoms with Crippen LogP contribution >= 0.6 is 0 Å². The van der Waals surface area contributed by atoms with Gasteiger partial charge in [0.25, 0.3) is 0 Å². The van der Waals surface area contributed by atoms with E-state index in [1.807, 2.05) is 18.3 Å². The minimum absolute atomic E-state index is 0.164. The number of methoxy groups -OCH3 is 1. The first-order valence-electron chi connectivity index (χ1n) is 16.1. The molecule has 0 unspecified atom stereocenters. The van der Waals surface area contributed by atoms with Gasteiger partial charge in [0.15, 0.2) is 0 Å². The number of ether oxygens (including phenoxy) is 1. The summed E-state index contributed by atoms with van der Waals surface area (Å²) in [5.74, 6) is 1.23. The molecule has 48 heavy (non-hydrogen) atoms. The van der Waals surface area contributed by atoms with Crippen LogP contribution in [-0.2, 0) is 22.6 Å². The van der Waals surface area contributed by atoms with Gasteiger partial charge in [0.05, 0.1) is 56.5 Å². The molecule has 0 radical (unpaired) electrons. The van der Waals surface area contributed by atoms with Crippen molar-refractivity contribution in [2.75, 3.05) is 33.8 Å². The van der Waals surface area contributed by atoms with E-state index >= 15 is 0 Å². The van der Waals surface area contributed by atoms with Crippen LogP contribution in [0.3, 0.4) is 0 Å². The van der Waals surface area contributed by atoms with E-state index in [0.29, 0.717) is 11.2 Å². The molecule has 0 spiro atoms. The molecule has 2 heterocycles. The standard InChI is InChI=1S/C37H40N8O3/c1-37(13-14-37)24-44(2)22-33-39-20-32(43-33)30-12-11-28-17-27(9-10-29(28)18-30)25-5-7-26(8-6-25)31-19-40-34(42-31)23-45(16-4-15-38)35(46)21-41-36(47)48-3/h5-12,17-20H,4,13-14,16,21-24H2,1-3H3,(H,39,43)(H,40,42)(H,41,47). The largest absolute Gasteiger partial charge is 0.453 e. The van der Waals surface area contributed by atoms with Crippen molar-refractivity contribution >= 4 is 22.8 Å². The smallest absolute Gasteiger partial charge is 0.407 e. The van der Waals surface area contributed by atoms with Crippen molar-refractivity contribution in [2.24, 2.45) is 5.41 Å². The minimum atomic E-state index is -0.693. The summed E-state index contributed by atoms with van der Waals surface area (Å²) in [4.78, 5) is 43.8. The summed E-state index contributed by atoms with van der Waals surface area (Å²) in [5.41, 5.74) is 6.61. The highest BCUT2D eigenvalue weighted by Gasteiger charge is 2.38. The van der Waals surface area contributed by atoms with Crippen LogP contribution in [0.2, 0.25) is 0 Å². The molecule has 5 aromatic rings. The second kappa shape index (κ2) is 14.1. The van der Waals surface area contributed by atoms with E-state index in [2.05, 4.69) is 103 Å². The van der Waals surface area contributed by atoms with Crippen LogP contribution in [0.25, 0.3) is 44.4 Å². The Labute approximate surface area is 280 Å². The van der Waals surface area contributed by atoms with E-state index in [1.54, 1.807) is 6.20 Å². The molecule has 2 amide bonds. The van der Waals surface area contributed by atoms with E-state index < -0.39 is 6.09 Å². The number of fused-ring (bicyclic) bond motifs is 1. The highest BCUT2D eigenvalue weighted by Crippen LogP contribution is 2.45. The average Bonchev–Trinajstić information content (AvgIpc) is 3.43. The summed E-state index contributed by atoms with van der Waals surface area (Å²) in [6, 6.07) is 23.3. The molecular weight excluding hydrogens is 604 g/mol. The van der Waals surface area contributed by atoms with Crippen molar-refractivity contribution in [3.8, 4) is 39.7 Å². The molecule has 3 N–H and O–H groups in total. The molecule has 1 aliphatic carbocycles. The second-order valence-corrected chi connectivity index (χ2v) is 12.9. The number of hydrogen-bond acceptors (Lipinski definition) is 7. The van der Waals surface area contributed by atoms with Gasteiger partial charge in [-0.1, -0.05) is 55.5 Å². The van der Waals surface area contributed by atoms with Crippen LogP contribution < -0.4 is 5.32 Å². The summed E-state index contributed by atoms with van der Waals surface area (Å²) in [5, 5.41) is 13.7. The molecule has 1 saturated carbocycles. The van der Waals surface area contributed by atoms with Crippen molar-refractivity contribution in [3.05, 3.63) is 84.7 Å². The number of nitriles is 1. The normalized spacial score (nSPS) is 13.3. The first-order valence-corrected chi connectivity index (χ1v) is 16.1. The third-order valence-corrected chi connectivity index (χ3v) is 8.87. The molecule has 0 atom stereocenters. The van der Waals surface area contributed by atoms with E-state index in [9.17, 15) is 9.59 Å². The molecule has 0 bridgehead atoms. The number of aromatic nitrogens is 4. The monoisotopic (exact) mass is 644 g/mol. The fourth-order valence-electron chi connectivity index (χ4n) is 5.94. The van der Waals surface area contributed by atoms with E-state index in [1.165, 1.54) is 24.9 Å². The van der Waals surface area contributed by atoms with Gasteiger partial charge in [-0.25, -0.2) is 14.8 Å². The van der Waals surface area contributed by atoms with E-state index in [-0.39, 0.29) is 32.0 Å². The molecule has 0 aliphatic heterocycles. The van der Waals surface area contributed by atoms with Crippen molar-refractivity contribution in [1.29, 1.82) is 5.26 Å². The fourth-order valence-corrected chi connectivity index (χ4v) is 5.94. The number of nitrogens with zero attached hydrogens (tertiary/aromatic N) is 5. The molecule has 1 fully saturated rings. The highest BCUT2D eigenvalue weighted by molar-refractivity contribution is 5.90. The molecule has 11 heteroatoms. The maximum atomic E-state index is 12.7. The van der Waals surface area contributed by atoms with Gasteiger partial charge in [0.1, 0.15) is 18.2 Å². The number of carbonyl (C=O) groups excluding carboxylic acids is 2. The van der Waals surface area contributed by atoms with Crippen LogP contribution in [0.4, 0.5) is 4.79 Å². The number of aromatic amines is 2. The Kier molecular flexibility index (Phi) is 9.55. The number of amides is 2. The molecule has 246 valence electrons. The van der Waals surface area contributed by atoms with Crippen molar-refractivity contribution in [3.63, 3.8) is 0 Å². The summed E-state index contributed by atoms with van der Waals surface area (Å²) in [6.45, 7) is 4.43.